The summed E-state index contributed by atoms with van der Waals surface area (Å²) in [6.07, 6.45) is 2.55. The molecular formula is C25H35FIN3O3. The molecule has 2 N–H and O–H groups in total. The first-order valence-electron chi connectivity index (χ1n) is 11.3. The van der Waals surface area contributed by atoms with Crippen molar-refractivity contribution in [1.82, 2.24) is 5.32 Å². The van der Waals surface area contributed by atoms with Crippen LogP contribution in [0.15, 0.2) is 53.5 Å². The van der Waals surface area contributed by atoms with Crippen LogP contribution in [0.25, 0.3) is 0 Å². The second-order valence-electron chi connectivity index (χ2n) is 7.94. The van der Waals surface area contributed by atoms with Crippen LogP contribution in [-0.4, -0.2) is 52.6 Å². The summed E-state index contributed by atoms with van der Waals surface area (Å²) < 4.78 is 30.0. The van der Waals surface area contributed by atoms with Crippen LogP contribution in [-0.2, 0) is 14.9 Å². The number of nitrogens with zero attached hydrogens (tertiary/aromatic N) is 1. The van der Waals surface area contributed by atoms with Gasteiger partial charge in [0.1, 0.15) is 11.6 Å². The summed E-state index contributed by atoms with van der Waals surface area (Å²) >= 11 is 0. The van der Waals surface area contributed by atoms with Crippen molar-refractivity contribution in [3.8, 4) is 5.75 Å². The van der Waals surface area contributed by atoms with E-state index < -0.39 is 0 Å². The molecule has 0 radical (unpaired) electrons. The smallest absolute Gasteiger partial charge is 0.195 e. The Kier molecular flexibility index (Phi) is 11.9. The highest BCUT2D eigenvalue weighted by Gasteiger charge is 2.34. The van der Waals surface area contributed by atoms with E-state index in [2.05, 4.69) is 10.6 Å². The van der Waals surface area contributed by atoms with Gasteiger partial charge in [-0.3, -0.25) is 4.99 Å². The number of aliphatic imine (C=N–C) groups is 1. The van der Waals surface area contributed by atoms with E-state index >= 15 is 0 Å². The van der Waals surface area contributed by atoms with E-state index in [0.29, 0.717) is 38.9 Å². The van der Waals surface area contributed by atoms with Gasteiger partial charge >= 0.3 is 0 Å². The molecule has 2 aromatic rings. The van der Waals surface area contributed by atoms with Crippen LogP contribution in [0, 0.1) is 5.82 Å². The summed E-state index contributed by atoms with van der Waals surface area (Å²) in [6.45, 7) is 6.01. The first-order valence-corrected chi connectivity index (χ1v) is 11.3. The second-order valence-corrected chi connectivity index (χ2v) is 7.94. The Labute approximate surface area is 213 Å². The number of benzene rings is 2. The zero-order valence-electron chi connectivity index (χ0n) is 19.4. The Hall–Kier alpha value is -1.91. The van der Waals surface area contributed by atoms with E-state index in [1.54, 1.807) is 7.11 Å². The first-order chi connectivity index (χ1) is 15.6. The molecule has 33 heavy (non-hydrogen) atoms. The van der Waals surface area contributed by atoms with Gasteiger partial charge in [-0.25, -0.2) is 4.39 Å². The van der Waals surface area contributed by atoms with Crippen LogP contribution >= 0.6 is 24.0 Å². The minimum absolute atomic E-state index is 0. The lowest BCUT2D eigenvalue weighted by Crippen LogP contribution is -2.39. The maximum atomic E-state index is 13.5. The lowest BCUT2D eigenvalue weighted by molar-refractivity contribution is 0.0531. The molecular weight excluding hydrogens is 536 g/mol. The summed E-state index contributed by atoms with van der Waals surface area (Å²) in [5.41, 5.74) is 1.84. The van der Waals surface area contributed by atoms with Crippen LogP contribution in [0.2, 0.25) is 0 Å². The minimum Gasteiger partial charge on any atom is -0.493 e. The molecule has 1 saturated heterocycles. The number of hydrogen-bond acceptors (Lipinski definition) is 4. The predicted octanol–water partition coefficient (Wildman–Crippen LogP) is 4.98. The average Bonchev–Trinajstić information content (AvgIpc) is 2.82. The monoisotopic (exact) mass is 571 g/mol. The highest BCUT2D eigenvalue weighted by atomic mass is 127. The summed E-state index contributed by atoms with van der Waals surface area (Å²) in [7, 11) is 1.69. The first kappa shape index (κ1) is 27.3. The van der Waals surface area contributed by atoms with Gasteiger partial charge in [0.2, 0.25) is 0 Å². The molecule has 1 aliphatic heterocycles. The number of halogens is 2. The molecule has 0 aromatic heterocycles. The molecule has 0 unspecified atom stereocenters. The van der Waals surface area contributed by atoms with E-state index in [-0.39, 0.29) is 35.2 Å². The van der Waals surface area contributed by atoms with Gasteiger partial charge in [-0.15, -0.1) is 24.0 Å². The lowest BCUT2D eigenvalue weighted by atomic mass is 9.74. The van der Waals surface area contributed by atoms with E-state index in [1.807, 2.05) is 43.3 Å². The molecule has 0 spiro atoms. The number of hydrogen-bond donors (Lipinski definition) is 2. The van der Waals surface area contributed by atoms with Crippen molar-refractivity contribution in [3.05, 3.63) is 59.9 Å². The van der Waals surface area contributed by atoms with Crippen molar-refractivity contribution in [2.45, 2.75) is 31.6 Å². The van der Waals surface area contributed by atoms with Crippen LogP contribution in [0.5, 0.6) is 5.75 Å². The zero-order chi connectivity index (χ0) is 22.7. The minimum atomic E-state index is -0.223. The van der Waals surface area contributed by atoms with Gasteiger partial charge in [0.15, 0.2) is 5.96 Å². The van der Waals surface area contributed by atoms with Gasteiger partial charge in [-0.05, 0) is 49.6 Å². The molecule has 1 heterocycles. The summed E-state index contributed by atoms with van der Waals surface area (Å²) in [5.74, 6) is 1.28. The number of methoxy groups -OCH3 is 1. The van der Waals surface area contributed by atoms with Gasteiger partial charge in [-0.1, -0.05) is 18.2 Å². The van der Waals surface area contributed by atoms with Gasteiger partial charge < -0.3 is 24.8 Å². The van der Waals surface area contributed by atoms with Crippen molar-refractivity contribution in [3.63, 3.8) is 0 Å². The Balaban J connectivity index is 0.00000385. The van der Waals surface area contributed by atoms with E-state index in [1.165, 1.54) is 12.1 Å². The molecule has 2 aromatic carbocycles. The Morgan fingerprint density at radius 3 is 2.58 bits per heavy atom. The SMILES string of the molecule is CCNC(=NCC1(c2ccc(F)cc2)CCOCC1)Nc1cccc(OCCCOC)c1.I. The van der Waals surface area contributed by atoms with Gasteiger partial charge in [0.25, 0.3) is 0 Å². The molecule has 182 valence electrons. The van der Waals surface area contributed by atoms with E-state index in [4.69, 9.17) is 19.2 Å². The maximum absolute atomic E-state index is 13.5. The predicted molar refractivity (Wildman–Crippen MR) is 142 cm³/mol. The van der Waals surface area contributed by atoms with Crippen LogP contribution < -0.4 is 15.4 Å². The lowest BCUT2D eigenvalue weighted by Gasteiger charge is -2.36. The van der Waals surface area contributed by atoms with E-state index in [0.717, 1.165) is 42.8 Å². The van der Waals surface area contributed by atoms with Crippen molar-refractivity contribution < 1.29 is 18.6 Å². The Morgan fingerprint density at radius 2 is 1.88 bits per heavy atom. The van der Waals surface area contributed by atoms with Gasteiger partial charge in [0.05, 0.1) is 13.2 Å². The van der Waals surface area contributed by atoms with Crippen molar-refractivity contribution in [2.24, 2.45) is 4.99 Å². The number of ether oxygens (including phenoxy) is 3. The van der Waals surface area contributed by atoms with Crippen molar-refractivity contribution in [2.75, 3.05) is 51.9 Å². The van der Waals surface area contributed by atoms with Crippen molar-refractivity contribution in [1.29, 1.82) is 0 Å². The standard InChI is InChI=1S/C25H34FN3O3.HI/c1-3-27-24(29-22-6-4-7-23(18-22)32-15-5-14-30-2)28-19-25(12-16-31-17-13-25)20-8-10-21(26)11-9-20;/h4,6-11,18H,3,5,12-17,19H2,1-2H3,(H2,27,28,29);1H. The molecule has 0 amide bonds. The topological polar surface area (TPSA) is 64.1 Å². The second kappa shape index (κ2) is 14.4. The fourth-order valence-corrected chi connectivity index (χ4v) is 3.83. The number of guanidine groups is 1. The third-order valence-electron chi connectivity index (χ3n) is 5.65. The summed E-state index contributed by atoms with van der Waals surface area (Å²) in [5, 5.41) is 6.70. The normalized spacial score (nSPS) is 15.4. The molecule has 8 heteroatoms. The quantitative estimate of drug-likeness (QED) is 0.182. The Bertz CT molecular complexity index is 858. The van der Waals surface area contributed by atoms with Crippen LogP contribution in [0.1, 0.15) is 31.7 Å². The molecule has 0 bridgehead atoms. The maximum Gasteiger partial charge on any atom is 0.195 e. The van der Waals surface area contributed by atoms with E-state index in [9.17, 15) is 4.39 Å². The fourth-order valence-electron chi connectivity index (χ4n) is 3.83. The Morgan fingerprint density at radius 1 is 1.12 bits per heavy atom. The van der Waals surface area contributed by atoms with Gasteiger partial charge in [-0.2, -0.15) is 0 Å². The zero-order valence-corrected chi connectivity index (χ0v) is 21.8. The molecule has 0 aliphatic carbocycles. The highest BCUT2D eigenvalue weighted by molar-refractivity contribution is 14.0. The average molecular weight is 571 g/mol. The molecule has 0 saturated carbocycles. The third kappa shape index (κ3) is 8.42. The van der Waals surface area contributed by atoms with Gasteiger partial charge in [0, 0.05) is 57.1 Å². The highest BCUT2D eigenvalue weighted by Crippen LogP contribution is 2.35. The molecule has 0 atom stereocenters. The number of anilines is 1. The van der Waals surface area contributed by atoms with Crippen molar-refractivity contribution >= 4 is 35.6 Å². The largest absolute Gasteiger partial charge is 0.493 e. The molecule has 1 fully saturated rings. The molecule has 6 nitrogen and oxygen atoms in total. The molecule has 3 rings (SSSR count). The van der Waals surface area contributed by atoms with Crippen LogP contribution in [0.4, 0.5) is 10.1 Å². The summed E-state index contributed by atoms with van der Waals surface area (Å²) in [6, 6.07) is 14.6. The molecule has 1 aliphatic rings. The third-order valence-corrected chi connectivity index (χ3v) is 5.65. The number of nitrogens with one attached hydrogen (secondary N) is 2. The number of rotatable bonds is 10. The fraction of sp³-hybridized carbons (Fsp3) is 0.480. The summed E-state index contributed by atoms with van der Waals surface area (Å²) in [4.78, 5) is 4.91. The van der Waals surface area contributed by atoms with Crippen LogP contribution in [0.3, 0.4) is 0 Å².